The number of carbonyl (C=O) groups excluding carboxylic acids is 1. The molecular weight excluding hydrogens is 364 g/mol. The van der Waals surface area contributed by atoms with E-state index in [-0.39, 0.29) is 6.09 Å². The summed E-state index contributed by atoms with van der Waals surface area (Å²) < 4.78 is 4.91. The number of aliphatic imine (C=N–C) groups is 1. The van der Waals surface area contributed by atoms with Gasteiger partial charge in [0.25, 0.3) is 0 Å². The summed E-state index contributed by atoms with van der Waals surface area (Å²) in [4.78, 5) is 23.6. The van der Waals surface area contributed by atoms with Gasteiger partial charge in [-0.1, -0.05) is 0 Å². The highest BCUT2D eigenvalue weighted by Crippen LogP contribution is 2.51. The summed E-state index contributed by atoms with van der Waals surface area (Å²) in [5.41, 5.74) is 0.372. The van der Waals surface area contributed by atoms with Gasteiger partial charge < -0.3 is 19.4 Å². The Hall–Kier alpha value is -1.56. The molecule has 0 bridgehead atoms. The predicted molar refractivity (Wildman–Crippen MR) is 116 cm³/mol. The number of piperidine rings is 1. The third-order valence-electron chi connectivity index (χ3n) is 7.96. The van der Waals surface area contributed by atoms with Crippen LogP contribution in [0.15, 0.2) is 16.9 Å². The molecule has 0 N–H and O–H groups in total. The van der Waals surface area contributed by atoms with Crippen molar-refractivity contribution in [1.82, 2.24) is 14.7 Å². The molecule has 0 aromatic carbocycles. The van der Waals surface area contributed by atoms with E-state index in [2.05, 4.69) is 27.8 Å². The Morgan fingerprint density at radius 3 is 2.52 bits per heavy atom. The first-order chi connectivity index (χ1) is 14.1. The van der Waals surface area contributed by atoms with Gasteiger partial charge in [0.15, 0.2) is 0 Å². The van der Waals surface area contributed by atoms with Crippen molar-refractivity contribution in [3.8, 4) is 0 Å². The van der Waals surface area contributed by atoms with Gasteiger partial charge in [-0.05, 0) is 89.3 Å². The zero-order valence-corrected chi connectivity index (χ0v) is 18.5. The Bertz CT molecular complexity index is 647. The molecule has 0 aromatic heterocycles. The molecule has 6 nitrogen and oxygen atoms in total. The summed E-state index contributed by atoms with van der Waals surface area (Å²) in [6, 6.07) is 1.40. The van der Waals surface area contributed by atoms with Crippen LogP contribution >= 0.6 is 0 Å². The van der Waals surface area contributed by atoms with Crippen LogP contribution in [0.25, 0.3) is 0 Å². The molecule has 1 unspecified atom stereocenters. The minimum atomic E-state index is -0.153. The van der Waals surface area contributed by atoms with E-state index < -0.39 is 0 Å². The van der Waals surface area contributed by atoms with E-state index in [1.807, 2.05) is 18.0 Å². The number of amides is 1. The summed E-state index contributed by atoms with van der Waals surface area (Å²) >= 11 is 0. The maximum absolute atomic E-state index is 11.8. The first kappa shape index (κ1) is 20.7. The lowest BCUT2D eigenvalue weighted by Crippen LogP contribution is -2.55. The van der Waals surface area contributed by atoms with E-state index >= 15 is 0 Å². The fourth-order valence-corrected chi connectivity index (χ4v) is 6.43. The predicted octanol–water partition coefficient (Wildman–Crippen LogP) is 3.74. The maximum Gasteiger partial charge on any atom is 0.409 e. The molecule has 1 atom stereocenters. The van der Waals surface area contributed by atoms with E-state index in [1.54, 1.807) is 0 Å². The first-order valence-corrected chi connectivity index (χ1v) is 11.6. The number of methoxy groups -OCH3 is 1. The van der Waals surface area contributed by atoms with Crippen LogP contribution in [-0.2, 0) is 4.74 Å². The SMILES string of the molecule is C/C=N\C(=C/C)N1CCCC1C1CCN(C2CC3(CCN(C(=O)OC)C3)C2)CC1. The highest BCUT2D eigenvalue weighted by atomic mass is 16.5. The lowest BCUT2D eigenvalue weighted by molar-refractivity contribution is -0.0144. The van der Waals surface area contributed by atoms with E-state index in [1.165, 1.54) is 58.7 Å². The van der Waals surface area contributed by atoms with Crippen molar-refractivity contribution in [3.05, 3.63) is 11.9 Å². The number of hydrogen-bond donors (Lipinski definition) is 0. The van der Waals surface area contributed by atoms with Gasteiger partial charge in [-0.2, -0.15) is 0 Å². The summed E-state index contributed by atoms with van der Waals surface area (Å²) in [6.45, 7) is 9.51. The Kier molecular flexibility index (Phi) is 6.19. The minimum absolute atomic E-state index is 0.153. The lowest BCUT2D eigenvalue weighted by atomic mass is 9.64. The van der Waals surface area contributed by atoms with Crippen molar-refractivity contribution in [3.63, 3.8) is 0 Å². The monoisotopic (exact) mass is 402 g/mol. The molecule has 4 rings (SSSR count). The van der Waals surface area contributed by atoms with Gasteiger partial charge in [-0.3, -0.25) is 0 Å². The molecule has 0 aromatic rings. The van der Waals surface area contributed by atoms with Gasteiger partial charge in [0, 0.05) is 37.9 Å². The lowest BCUT2D eigenvalue weighted by Gasteiger charge is -2.52. The molecule has 3 heterocycles. The van der Waals surface area contributed by atoms with Gasteiger partial charge in [0.2, 0.25) is 0 Å². The van der Waals surface area contributed by atoms with Gasteiger partial charge in [0.05, 0.1) is 7.11 Å². The van der Waals surface area contributed by atoms with Crippen LogP contribution in [0.4, 0.5) is 4.79 Å². The average Bonchev–Trinajstić information content (AvgIpc) is 3.38. The molecule has 1 amide bonds. The standard InChI is InChI=1S/C23H38N4O2/c1-4-21(24-5-2)27-11-6-7-20(27)18-8-12-25(13-9-18)19-15-23(16-19)10-14-26(17-23)22(28)29-3/h4-5,18-20H,6-17H2,1-3H3/b21-4+,24-5-. The van der Waals surface area contributed by atoms with Crippen LogP contribution in [0, 0.1) is 11.3 Å². The third kappa shape index (κ3) is 4.05. The van der Waals surface area contributed by atoms with Crippen molar-refractivity contribution >= 4 is 12.3 Å². The van der Waals surface area contributed by atoms with Crippen molar-refractivity contribution in [1.29, 1.82) is 0 Å². The van der Waals surface area contributed by atoms with Crippen LogP contribution in [0.5, 0.6) is 0 Å². The molecule has 4 fully saturated rings. The van der Waals surface area contributed by atoms with E-state index in [0.29, 0.717) is 11.5 Å². The average molecular weight is 403 g/mol. The molecule has 1 spiro atoms. The number of likely N-dealkylation sites (tertiary alicyclic amines) is 3. The molecule has 1 aliphatic carbocycles. The van der Waals surface area contributed by atoms with Crippen LogP contribution in [0.3, 0.4) is 0 Å². The highest BCUT2D eigenvalue weighted by molar-refractivity contribution is 5.67. The first-order valence-electron chi connectivity index (χ1n) is 11.6. The topological polar surface area (TPSA) is 48.4 Å². The van der Waals surface area contributed by atoms with Crippen molar-refractivity contribution < 1.29 is 9.53 Å². The van der Waals surface area contributed by atoms with Gasteiger partial charge >= 0.3 is 6.09 Å². The molecule has 29 heavy (non-hydrogen) atoms. The normalized spacial score (nSPS) is 34.4. The fraction of sp³-hybridized carbons (Fsp3) is 0.826. The van der Waals surface area contributed by atoms with Crippen LogP contribution in [0.1, 0.15) is 58.8 Å². The number of hydrogen-bond acceptors (Lipinski definition) is 5. The summed E-state index contributed by atoms with van der Waals surface area (Å²) in [6.07, 6.45) is 12.8. The molecule has 1 saturated carbocycles. The third-order valence-corrected chi connectivity index (χ3v) is 7.96. The molecule has 162 valence electrons. The molecule has 3 aliphatic heterocycles. The zero-order chi connectivity index (χ0) is 20.4. The van der Waals surface area contributed by atoms with Crippen molar-refractivity contribution in [2.45, 2.75) is 70.9 Å². The number of allylic oxidation sites excluding steroid dienone is 1. The van der Waals surface area contributed by atoms with E-state index in [0.717, 1.165) is 43.8 Å². The summed E-state index contributed by atoms with van der Waals surface area (Å²) in [5.74, 6) is 1.96. The Morgan fingerprint density at radius 2 is 1.86 bits per heavy atom. The number of carbonyl (C=O) groups is 1. The fourth-order valence-electron chi connectivity index (χ4n) is 6.43. The largest absolute Gasteiger partial charge is 0.453 e. The smallest absolute Gasteiger partial charge is 0.409 e. The zero-order valence-electron chi connectivity index (χ0n) is 18.5. The van der Waals surface area contributed by atoms with Crippen LogP contribution in [0.2, 0.25) is 0 Å². The van der Waals surface area contributed by atoms with Gasteiger partial charge in [-0.25, -0.2) is 9.79 Å². The Balaban J connectivity index is 1.26. The Morgan fingerprint density at radius 1 is 1.10 bits per heavy atom. The minimum Gasteiger partial charge on any atom is -0.453 e. The molecule has 4 aliphatic rings. The quantitative estimate of drug-likeness (QED) is 0.672. The maximum atomic E-state index is 11.8. The molecule has 3 saturated heterocycles. The number of ether oxygens (including phenoxy) is 1. The van der Waals surface area contributed by atoms with Gasteiger partial charge in [-0.15, -0.1) is 0 Å². The van der Waals surface area contributed by atoms with E-state index in [9.17, 15) is 4.79 Å². The van der Waals surface area contributed by atoms with Crippen molar-refractivity contribution in [2.75, 3.05) is 39.8 Å². The molecule has 0 radical (unpaired) electrons. The second-order valence-corrected chi connectivity index (χ2v) is 9.51. The Labute approximate surface area is 176 Å². The summed E-state index contributed by atoms with van der Waals surface area (Å²) in [7, 11) is 1.49. The van der Waals surface area contributed by atoms with Crippen LogP contribution in [-0.4, -0.2) is 78.9 Å². The highest BCUT2D eigenvalue weighted by Gasteiger charge is 2.51. The van der Waals surface area contributed by atoms with Gasteiger partial charge in [0.1, 0.15) is 5.82 Å². The molecule has 6 heteroatoms. The van der Waals surface area contributed by atoms with E-state index in [4.69, 9.17) is 4.74 Å². The molecular formula is C23H38N4O2. The second kappa shape index (κ2) is 8.66. The second-order valence-electron chi connectivity index (χ2n) is 9.51. The van der Waals surface area contributed by atoms with Crippen molar-refractivity contribution in [2.24, 2.45) is 16.3 Å². The summed E-state index contributed by atoms with van der Waals surface area (Å²) in [5, 5.41) is 0. The number of rotatable bonds is 4. The number of nitrogens with zero attached hydrogens (tertiary/aromatic N) is 4. The van der Waals surface area contributed by atoms with Crippen LogP contribution < -0.4 is 0 Å².